The van der Waals surface area contributed by atoms with E-state index in [0.29, 0.717) is 18.0 Å². The summed E-state index contributed by atoms with van der Waals surface area (Å²) < 4.78 is 17.4. The van der Waals surface area contributed by atoms with E-state index in [1.54, 1.807) is 7.11 Å². The van der Waals surface area contributed by atoms with Gasteiger partial charge in [0.05, 0.1) is 7.11 Å². The lowest BCUT2D eigenvalue weighted by molar-refractivity contribution is 0.171. The average molecular weight is 397 g/mol. The van der Waals surface area contributed by atoms with E-state index in [2.05, 4.69) is 53.0 Å². The maximum absolute atomic E-state index is 5.44. The number of rotatable bonds is 4. The Labute approximate surface area is 137 Å². The molecule has 2 aromatic carbocycles. The summed E-state index contributed by atoms with van der Waals surface area (Å²) in [6, 6.07) is 10.3. The van der Waals surface area contributed by atoms with E-state index < -0.39 is 0 Å². The number of ether oxygens (including phenoxy) is 3. The molecule has 0 radical (unpaired) electrons. The van der Waals surface area contributed by atoms with Gasteiger partial charge in [0.2, 0.25) is 12.5 Å². The van der Waals surface area contributed by atoms with Crippen molar-refractivity contribution in [1.29, 1.82) is 0 Å². The molecule has 2 aromatic rings. The fourth-order valence-corrected chi connectivity index (χ4v) is 2.96. The van der Waals surface area contributed by atoms with Gasteiger partial charge in [0.1, 0.15) is 0 Å². The van der Waals surface area contributed by atoms with Gasteiger partial charge in [0, 0.05) is 15.8 Å². The summed E-state index contributed by atoms with van der Waals surface area (Å²) in [5.41, 5.74) is 3.45. The molecule has 0 bridgehead atoms. The van der Waals surface area contributed by atoms with Crippen LogP contribution in [0.5, 0.6) is 17.2 Å². The Balaban J connectivity index is 1.79. The fourth-order valence-electron chi connectivity index (χ4n) is 2.31. The van der Waals surface area contributed by atoms with E-state index in [-0.39, 0.29) is 6.79 Å². The van der Waals surface area contributed by atoms with Crippen LogP contribution in [-0.2, 0) is 6.54 Å². The van der Waals surface area contributed by atoms with Crippen LogP contribution in [0, 0.1) is 10.5 Å². The zero-order valence-corrected chi connectivity index (χ0v) is 14.1. The highest BCUT2D eigenvalue weighted by Crippen LogP contribution is 2.41. The van der Waals surface area contributed by atoms with Crippen LogP contribution in [-0.4, -0.2) is 13.9 Å². The highest BCUT2D eigenvalue weighted by atomic mass is 127. The zero-order chi connectivity index (χ0) is 14.8. The SMILES string of the molecule is COc1cc(CNc2ccc(I)cc2C)cc2c1OCO2. The molecule has 1 aliphatic heterocycles. The lowest BCUT2D eigenvalue weighted by Gasteiger charge is -2.12. The molecular formula is C16H16INO3. The lowest BCUT2D eigenvalue weighted by atomic mass is 10.1. The minimum absolute atomic E-state index is 0.249. The minimum atomic E-state index is 0.249. The molecule has 0 aliphatic carbocycles. The maximum atomic E-state index is 5.44. The van der Waals surface area contributed by atoms with Gasteiger partial charge in [-0.3, -0.25) is 0 Å². The average Bonchev–Trinajstić information content (AvgIpc) is 2.93. The minimum Gasteiger partial charge on any atom is -0.493 e. The van der Waals surface area contributed by atoms with Gasteiger partial charge in [-0.2, -0.15) is 0 Å². The summed E-state index contributed by atoms with van der Waals surface area (Å²) in [4.78, 5) is 0. The van der Waals surface area contributed by atoms with E-state index in [9.17, 15) is 0 Å². The summed E-state index contributed by atoms with van der Waals surface area (Å²) >= 11 is 2.32. The summed E-state index contributed by atoms with van der Waals surface area (Å²) in [7, 11) is 1.64. The Morgan fingerprint density at radius 3 is 2.86 bits per heavy atom. The molecule has 0 spiro atoms. The van der Waals surface area contributed by atoms with Crippen LogP contribution < -0.4 is 19.5 Å². The van der Waals surface area contributed by atoms with Crippen molar-refractivity contribution in [3.05, 3.63) is 45.0 Å². The summed E-state index contributed by atoms with van der Waals surface area (Å²) in [6.07, 6.45) is 0. The number of hydrogen-bond donors (Lipinski definition) is 1. The number of aryl methyl sites for hydroxylation is 1. The summed E-state index contributed by atoms with van der Waals surface area (Å²) in [5, 5.41) is 3.44. The van der Waals surface area contributed by atoms with Crippen molar-refractivity contribution in [3.63, 3.8) is 0 Å². The largest absolute Gasteiger partial charge is 0.493 e. The van der Waals surface area contributed by atoms with Crippen molar-refractivity contribution < 1.29 is 14.2 Å². The van der Waals surface area contributed by atoms with Gasteiger partial charge >= 0.3 is 0 Å². The first-order valence-corrected chi connectivity index (χ1v) is 7.72. The van der Waals surface area contributed by atoms with Crippen molar-refractivity contribution in [3.8, 4) is 17.2 Å². The van der Waals surface area contributed by atoms with Crippen molar-refractivity contribution in [1.82, 2.24) is 0 Å². The van der Waals surface area contributed by atoms with Crippen molar-refractivity contribution >= 4 is 28.3 Å². The van der Waals surface area contributed by atoms with Gasteiger partial charge in [-0.05, 0) is 71.0 Å². The molecule has 0 unspecified atom stereocenters. The Morgan fingerprint density at radius 2 is 2.10 bits per heavy atom. The number of anilines is 1. The predicted molar refractivity (Wildman–Crippen MR) is 90.3 cm³/mol. The van der Waals surface area contributed by atoms with Gasteiger partial charge in [0.25, 0.3) is 0 Å². The Kier molecular flexibility index (Phi) is 4.10. The Bertz CT molecular complexity index is 673. The molecule has 1 N–H and O–H groups in total. The topological polar surface area (TPSA) is 39.7 Å². The predicted octanol–water partition coefficient (Wildman–Crippen LogP) is 3.95. The van der Waals surface area contributed by atoms with Gasteiger partial charge in [-0.15, -0.1) is 0 Å². The molecule has 3 rings (SSSR count). The highest BCUT2D eigenvalue weighted by molar-refractivity contribution is 14.1. The van der Waals surface area contributed by atoms with Crippen LogP contribution in [0.3, 0.4) is 0 Å². The fraction of sp³-hybridized carbons (Fsp3) is 0.250. The van der Waals surface area contributed by atoms with Crippen LogP contribution in [0.4, 0.5) is 5.69 Å². The van der Waals surface area contributed by atoms with Gasteiger partial charge < -0.3 is 19.5 Å². The standard InChI is InChI=1S/C16H16INO3/c1-10-5-12(17)3-4-13(10)18-8-11-6-14(19-2)16-15(7-11)20-9-21-16/h3-7,18H,8-9H2,1-2H3. The first-order chi connectivity index (χ1) is 10.2. The number of nitrogens with one attached hydrogen (secondary N) is 1. The molecule has 0 atom stereocenters. The summed E-state index contributed by atoms with van der Waals surface area (Å²) in [5.74, 6) is 2.14. The van der Waals surface area contributed by atoms with Crippen LogP contribution in [0.1, 0.15) is 11.1 Å². The second-order valence-electron chi connectivity index (χ2n) is 4.84. The Hall–Kier alpha value is -1.63. The zero-order valence-electron chi connectivity index (χ0n) is 11.9. The van der Waals surface area contributed by atoms with E-state index in [4.69, 9.17) is 14.2 Å². The Morgan fingerprint density at radius 1 is 1.24 bits per heavy atom. The molecule has 0 saturated heterocycles. The van der Waals surface area contributed by atoms with Gasteiger partial charge in [-0.25, -0.2) is 0 Å². The van der Waals surface area contributed by atoms with E-state index in [1.165, 1.54) is 9.13 Å². The summed E-state index contributed by atoms with van der Waals surface area (Å²) in [6.45, 7) is 3.05. The van der Waals surface area contributed by atoms with Gasteiger partial charge in [0.15, 0.2) is 11.5 Å². The third-order valence-electron chi connectivity index (χ3n) is 3.39. The molecule has 21 heavy (non-hydrogen) atoms. The van der Waals surface area contributed by atoms with Crippen molar-refractivity contribution in [2.24, 2.45) is 0 Å². The lowest BCUT2D eigenvalue weighted by Crippen LogP contribution is -2.01. The van der Waals surface area contributed by atoms with Crippen LogP contribution in [0.15, 0.2) is 30.3 Å². The van der Waals surface area contributed by atoms with E-state index in [0.717, 1.165) is 17.0 Å². The second kappa shape index (κ2) is 6.01. The molecule has 0 fully saturated rings. The molecule has 110 valence electrons. The number of hydrogen-bond acceptors (Lipinski definition) is 4. The monoisotopic (exact) mass is 397 g/mol. The molecule has 4 nitrogen and oxygen atoms in total. The molecular weight excluding hydrogens is 381 g/mol. The number of halogens is 1. The first-order valence-electron chi connectivity index (χ1n) is 6.64. The van der Waals surface area contributed by atoms with Crippen LogP contribution in [0.25, 0.3) is 0 Å². The molecule has 0 saturated carbocycles. The van der Waals surface area contributed by atoms with Gasteiger partial charge in [-0.1, -0.05) is 0 Å². The molecule has 1 aliphatic rings. The first kappa shape index (κ1) is 14.3. The quantitative estimate of drug-likeness (QED) is 0.794. The molecule has 1 heterocycles. The smallest absolute Gasteiger partial charge is 0.231 e. The van der Waals surface area contributed by atoms with Crippen LogP contribution >= 0.6 is 22.6 Å². The molecule has 0 amide bonds. The van der Waals surface area contributed by atoms with Crippen molar-refractivity contribution in [2.75, 3.05) is 19.2 Å². The van der Waals surface area contributed by atoms with Crippen molar-refractivity contribution in [2.45, 2.75) is 13.5 Å². The van der Waals surface area contributed by atoms with E-state index >= 15 is 0 Å². The number of benzene rings is 2. The second-order valence-corrected chi connectivity index (χ2v) is 6.09. The molecule has 0 aromatic heterocycles. The normalized spacial score (nSPS) is 12.3. The third-order valence-corrected chi connectivity index (χ3v) is 4.06. The highest BCUT2D eigenvalue weighted by Gasteiger charge is 2.19. The number of fused-ring (bicyclic) bond motifs is 1. The maximum Gasteiger partial charge on any atom is 0.231 e. The van der Waals surface area contributed by atoms with Crippen LogP contribution in [0.2, 0.25) is 0 Å². The number of methoxy groups -OCH3 is 1. The van der Waals surface area contributed by atoms with E-state index in [1.807, 2.05) is 12.1 Å². The third kappa shape index (κ3) is 3.02. The molecule has 5 heteroatoms.